The number of hydrogen-bond acceptors (Lipinski definition) is 6. The molecule has 0 bridgehead atoms. The summed E-state index contributed by atoms with van der Waals surface area (Å²) in [4.78, 5) is 22.5. The van der Waals surface area contributed by atoms with Gasteiger partial charge < -0.3 is 19.9 Å². The standard InChI is InChI=1S/C31H38F2N4O2S.H2/c1-7-19(2)37-16-14-23(15-17-37)31(38)36(5)28(29(32)33)22-9-11-24(12-10-22)35-26-18-34-30-25(13-8-20(3)40-30)27(26)21(4)39-6;/h8-12,18,21,23,28-29,35H,1,13-17H2,2-6H3;1H/t21-,28-;/m0./s1. The number of thioether (sulfide) groups is 1. The number of piperidine rings is 1. The minimum atomic E-state index is -2.72. The molecule has 2 aromatic rings. The molecule has 1 fully saturated rings. The van der Waals surface area contributed by atoms with Crippen LogP contribution in [-0.2, 0) is 16.0 Å². The fourth-order valence-electron chi connectivity index (χ4n) is 5.41. The Hall–Kier alpha value is -3.13. The zero-order valence-corrected chi connectivity index (χ0v) is 24.7. The van der Waals surface area contributed by atoms with Crippen molar-refractivity contribution in [1.82, 2.24) is 14.8 Å². The van der Waals surface area contributed by atoms with E-state index in [0.29, 0.717) is 31.5 Å². The van der Waals surface area contributed by atoms with Gasteiger partial charge in [-0.05, 0) is 68.2 Å². The molecule has 216 valence electrons. The Labute approximate surface area is 241 Å². The van der Waals surface area contributed by atoms with Crippen LogP contribution in [0.25, 0.3) is 0 Å². The molecule has 0 spiro atoms. The van der Waals surface area contributed by atoms with E-state index in [9.17, 15) is 13.6 Å². The molecule has 1 amide bonds. The molecular weight excluding hydrogens is 530 g/mol. The van der Waals surface area contributed by atoms with Crippen molar-refractivity contribution in [1.29, 1.82) is 0 Å². The van der Waals surface area contributed by atoms with E-state index < -0.39 is 12.5 Å². The first-order valence-corrected chi connectivity index (χ1v) is 14.4. The molecule has 2 atom stereocenters. The lowest BCUT2D eigenvalue weighted by Crippen LogP contribution is -2.43. The fraction of sp³-hybridized carbons (Fsp3) is 0.452. The van der Waals surface area contributed by atoms with E-state index >= 15 is 0 Å². The van der Waals surface area contributed by atoms with Gasteiger partial charge in [-0.15, -0.1) is 5.73 Å². The summed E-state index contributed by atoms with van der Waals surface area (Å²) >= 11 is 1.65. The topological polar surface area (TPSA) is 57.7 Å². The van der Waals surface area contributed by atoms with E-state index in [2.05, 4.69) is 40.5 Å². The summed E-state index contributed by atoms with van der Waals surface area (Å²) in [6, 6.07) is 5.54. The van der Waals surface area contributed by atoms with Gasteiger partial charge in [0.05, 0.1) is 23.7 Å². The van der Waals surface area contributed by atoms with E-state index in [1.165, 1.54) is 16.9 Å². The summed E-state index contributed by atoms with van der Waals surface area (Å²) in [6.45, 7) is 11.1. The van der Waals surface area contributed by atoms with Crippen LogP contribution in [0.1, 0.15) is 63.9 Å². The third-order valence-corrected chi connectivity index (χ3v) is 8.94. The van der Waals surface area contributed by atoms with E-state index in [1.54, 1.807) is 49.3 Å². The predicted molar refractivity (Wildman–Crippen MR) is 159 cm³/mol. The molecule has 1 aromatic heterocycles. The number of carbonyl (C=O) groups is 1. The van der Waals surface area contributed by atoms with Crippen LogP contribution < -0.4 is 5.32 Å². The highest BCUT2D eigenvalue weighted by molar-refractivity contribution is 8.03. The Morgan fingerprint density at radius 3 is 2.58 bits per heavy atom. The first kappa shape index (κ1) is 29.8. The molecule has 1 N–H and O–H groups in total. The van der Waals surface area contributed by atoms with Crippen molar-refractivity contribution in [2.45, 2.75) is 63.6 Å². The number of pyridine rings is 1. The number of likely N-dealkylation sites (tertiary alicyclic amines) is 1. The number of alkyl halides is 2. The summed E-state index contributed by atoms with van der Waals surface area (Å²) in [5, 5.41) is 4.39. The van der Waals surface area contributed by atoms with Gasteiger partial charge in [-0.3, -0.25) is 4.79 Å². The third kappa shape index (κ3) is 6.43. The smallest absolute Gasteiger partial charge is 0.262 e. The Balaban J connectivity index is 0.00000462. The van der Waals surface area contributed by atoms with Crippen LogP contribution in [0.4, 0.5) is 20.2 Å². The first-order valence-electron chi connectivity index (χ1n) is 13.6. The number of methoxy groups -OCH3 is 1. The average molecular weight is 571 g/mol. The van der Waals surface area contributed by atoms with Gasteiger partial charge >= 0.3 is 0 Å². The Bertz CT molecular complexity index is 1310. The number of carbonyl (C=O) groups excluding carboxylic acids is 1. The number of halogens is 2. The van der Waals surface area contributed by atoms with Crippen LogP contribution in [0.15, 0.2) is 64.5 Å². The molecule has 40 heavy (non-hydrogen) atoms. The van der Waals surface area contributed by atoms with Crippen molar-refractivity contribution in [3.63, 3.8) is 0 Å². The average Bonchev–Trinajstić information content (AvgIpc) is 2.96. The number of allylic oxidation sites excluding steroid dienone is 3. The summed E-state index contributed by atoms with van der Waals surface area (Å²) in [5.41, 5.74) is 7.95. The highest BCUT2D eigenvalue weighted by Crippen LogP contribution is 2.41. The molecule has 2 aliphatic heterocycles. The van der Waals surface area contributed by atoms with Crippen LogP contribution in [-0.4, -0.2) is 54.4 Å². The summed E-state index contributed by atoms with van der Waals surface area (Å²) in [6.07, 6.45) is 3.12. The maximum atomic E-state index is 14.3. The number of hydrogen-bond donors (Lipinski definition) is 1. The number of rotatable bonds is 9. The highest BCUT2D eigenvalue weighted by atomic mass is 32.2. The quantitative estimate of drug-likeness (QED) is 0.315. The molecule has 6 nitrogen and oxygen atoms in total. The largest absolute Gasteiger partial charge is 0.377 e. The monoisotopic (exact) mass is 570 g/mol. The number of aromatic nitrogens is 1. The molecule has 2 aliphatic rings. The molecule has 9 heteroatoms. The van der Waals surface area contributed by atoms with Crippen molar-refractivity contribution in [2.24, 2.45) is 5.92 Å². The molecule has 0 unspecified atom stereocenters. The molecule has 1 aromatic carbocycles. The normalized spacial score (nSPS) is 17.0. The number of amides is 1. The van der Waals surface area contributed by atoms with Gasteiger partial charge in [0.2, 0.25) is 5.91 Å². The maximum absolute atomic E-state index is 14.3. The molecule has 0 aliphatic carbocycles. The van der Waals surface area contributed by atoms with Crippen LogP contribution in [0.3, 0.4) is 0 Å². The lowest BCUT2D eigenvalue weighted by atomic mass is 9.93. The molecule has 0 radical (unpaired) electrons. The minimum Gasteiger partial charge on any atom is -0.377 e. The second-order valence-corrected chi connectivity index (χ2v) is 11.6. The van der Waals surface area contributed by atoms with Gasteiger partial charge in [0.25, 0.3) is 6.43 Å². The number of benzene rings is 1. The Morgan fingerprint density at radius 1 is 1.30 bits per heavy atom. The first-order chi connectivity index (χ1) is 19.1. The van der Waals surface area contributed by atoms with Gasteiger partial charge in [-0.1, -0.05) is 36.5 Å². The van der Waals surface area contributed by atoms with Crippen LogP contribution >= 0.6 is 11.8 Å². The van der Waals surface area contributed by atoms with Crippen molar-refractivity contribution in [3.05, 3.63) is 76.1 Å². The van der Waals surface area contributed by atoms with E-state index in [-0.39, 0.29) is 19.4 Å². The van der Waals surface area contributed by atoms with E-state index in [1.807, 2.05) is 13.8 Å². The van der Waals surface area contributed by atoms with Crippen molar-refractivity contribution in [2.75, 3.05) is 32.6 Å². The fourth-order valence-corrected chi connectivity index (χ4v) is 6.30. The molecule has 1 saturated heterocycles. The lowest BCUT2D eigenvalue weighted by molar-refractivity contribution is -0.141. The lowest BCUT2D eigenvalue weighted by Gasteiger charge is -2.36. The molecule has 4 rings (SSSR count). The van der Waals surface area contributed by atoms with Crippen molar-refractivity contribution >= 4 is 29.0 Å². The number of fused-ring (bicyclic) bond motifs is 1. The highest BCUT2D eigenvalue weighted by Gasteiger charge is 2.35. The second kappa shape index (κ2) is 13.0. The van der Waals surface area contributed by atoms with Gasteiger partial charge in [0.1, 0.15) is 11.1 Å². The Morgan fingerprint density at radius 2 is 1.98 bits per heavy atom. The van der Waals surface area contributed by atoms with E-state index in [4.69, 9.17) is 4.74 Å². The summed E-state index contributed by atoms with van der Waals surface area (Å²) in [5.74, 6) is -0.525. The SMILES string of the molecule is C=C=C(C)N1CCC(C(=O)N(C)[C@@H](c2ccc(Nc3cnc4c(c3[C@H](C)OC)CC=C(C)S4)cc2)C(F)F)CC1.[HH]. The Kier molecular flexibility index (Phi) is 9.72. The van der Waals surface area contributed by atoms with Crippen molar-refractivity contribution in [3.8, 4) is 0 Å². The molecular formula is C31H40F2N4O2S. The maximum Gasteiger partial charge on any atom is 0.262 e. The third-order valence-electron chi connectivity index (χ3n) is 7.90. The second-order valence-electron chi connectivity index (χ2n) is 10.4. The van der Waals surface area contributed by atoms with Crippen LogP contribution in [0.2, 0.25) is 0 Å². The zero-order valence-electron chi connectivity index (χ0n) is 23.8. The molecule has 0 saturated carbocycles. The number of nitrogens with zero attached hydrogens (tertiary/aromatic N) is 3. The van der Waals surface area contributed by atoms with Gasteiger partial charge in [-0.2, -0.15) is 0 Å². The van der Waals surface area contributed by atoms with E-state index in [0.717, 1.165) is 39.6 Å². The molecule has 3 heterocycles. The zero-order chi connectivity index (χ0) is 29.0. The van der Waals surface area contributed by atoms with Crippen LogP contribution in [0.5, 0.6) is 0 Å². The predicted octanol–water partition coefficient (Wildman–Crippen LogP) is 7.50. The minimum absolute atomic E-state index is 0. The number of anilines is 2. The van der Waals surface area contributed by atoms with Crippen molar-refractivity contribution < 1.29 is 19.7 Å². The summed E-state index contributed by atoms with van der Waals surface area (Å²) in [7, 11) is 3.16. The number of nitrogens with one attached hydrogen (secondary N) is 1. The van der Waals surface area contributed by atoms with Gasteiger partial charge in [-0.25, -0.2) is 13.8 Å². The number of ether oxygens (including phenoxy) is 1. The summed E-state index contributed by atoms with van der Waals surface area (Å²) < 4.78 is 34.3. The van der Waals surface area contributed by atoms with Crippen LogP contribution in [0, 0.1) is 5.92 Å². The van der Waals surface area contributed by atoms with Gasteiger partial charge in [0.15, 0.2) is 0 Å². The van der Waals surface area contributed by atoms with Gasteiger partial charge in [0, 0.05) is 45.8 Å².